The molecule has 0 heterocycles. The molecule has 1 atom stereocenters. The Hall–Kier alpha value is -1.61. The lowest BCUT2D eigenvalue weighted by molar-refractivity contribution is -0.106. The SMILES string of the molecule is O=P(CC(F)(F)F)(c1ccccc1F)c1ccccc1C1CCCCC1. The average molecular weight is 384 g/mol. The number of hydrogen-bond donors (Lipinski definition) is 0. The maximum atomic E-state index is 14.4. The minimum Gasteiger partial charge on any atom is -0.313 e. The fourth-order valence-corrected chi connectivity index (χ4v) is 6.73. The Morgan fingerprint density at radius 1 is 0.885 bits per heavy atom. The van der Waals surface area contributed by atoms with Crippen LogP contribution in [0.5, 0.6) is 0 Å². The summed E-state index contributed by atoms with van der Waals surface area (Å²) in [4.78, 5) is 0. The van der Waals surface area contributed by atoms with Crippen molar-refractivity contribution >= 4 is 17.8 Å². The minimum absolute atomic E-state index is 0.0771. The maximum Gasteiger partial charge on any atom is 0.396 e. The van der Waals surface area contributed by atoms with E-state index in [1.165, 1.54) is 24.3 Å². The summed E-state index contributed by atoms with van der Waals surface area (Å²) in [5, 5.41) is -0.171. The van der Waals surface area contributed by atoms with Gasteiger partial charge in [-0.1, -0.05) is 55.7 Å². The third-order valence-electron chi connectivity index (χ3n) is 5.01. The molecule has 6 heteroatoms. The highest BCUT2D eigenvalue weighted by molar-refractivity contribution is 7.78. The molecule has 0 amide bonds. The van der Waals surface area contributed by atoms with Crippen LogP contribution in [0, 0.1) is 5.82 Å². The van der Waals surface area contributed by atoms with Gasteiger partial charge in [0.25, 0.3) is 0 Å². The van der Waals surface area contributed by atoms with Crippen LogP contribution < -0.4 is 10.6 Å². The Morgan fingerprint density at radius 2 is 1.46 bits per heavy atom. The molecule has 0 spiro atoms. The van der Waals surface area contributed by atoms with Gasteiger partial charge in [0.2, 0.25) is 0 Å². The Labute approximate surface area is 150 Å². The van der Waals surface area contributed by atoms with E-state index in [1.54, 1.807) is 18.2 Å². The lowest BCUT2D eigenvalue weighted by Crippen LogP contribution is -2.30. The zero-order valence-electron chi connectivity index (χ0n) is 14.3. The van der Waals surface area contributed by atoms with Gasteiger partial charge in [-0.25, -0.2) is 4.39 Å². The number of hydrogen-bond acceptors (Lipinski definition) is 1. The van der Waals surface area contributed by atoms with Gasteiger partial charge in [-0.15, -0.1) is 0 Å². The summed E-state index contributed by atoms with van der Waals surface area (Å²) < 4.78 is 68.1. The first-order chi connectivity index (χ1) is 12.3. The molecule has 1 unspecified atom stereocenters. The lowest BCUT2D eigenvalue weighted by atomic mass is 9.84. The molecule has 26 heavy (non-hydrogen) atoms. The summed E-state index contributed by atoms with van der Waals surface area (Å²) in [6.07, 6.45) is -1.35. The van der Waals surface area contributed by atoms with Gasteiger partial charge in [0.05, 0.1) is 5.30 Å². The van der Waals surface area contributed by atoms with E-state index in [-0.39, 0.29) is 16.5 Å². The van der Waals surface area contributed by atoms with Crippen molar-refractivity contribution in [3.63, 3.8) is 0 Å². The molecule has 2 aromatic carbocycles. The molecule has 1 nitrogen and oxygen atoms in total. The molecule has 0 N–H and O–H groups in total. The molecule has 1 saturated carbocycles. The van der Waals surface area contributed by atoms with Crippen LogP contribution in [0.15, 0.2) is 48.5 Å². The zero-order chi connectivity index (χ0) is 18.8. The van der Waals surface area contributed by atoms with Gasteiger partial charge < -0.3 is 4.57 Å². The molecule has 3 rings (SSSR count). The Bertz CT molecular complexity index is 809. The quantitative estimate of drug-likeness (QED) is 0.485. The van der Waals surface area contributed by atoms with Gasteiger partial charge in [0.15, 0.2) is 7.14 Å². The highest BCUT2D eigenvalue weighted by atomic mass is 31.2. The summed E-state index contributed by atoms with van der Waals surface area (Å²) in [6, 6.07) is 11.7. The molecule has 1 aliphatic rings. The number of benzene rings is 2. The van der Waals surface area contributed by atoms with Crippen LogP contribution in [0.2, 0.25) is 0 Å². The molecule has 1 aliphatic carbocycles. The molecule has 1 fully saturated rings. The predicted octanol–water partition coefficient (Wildman–Crippen LogP) is 5.75. The first-order valence-corrected chi connectivity index (χ1v) is 10.7. The third kappa shape index (κ3) is 4.03. The van der Waals surface area contributed by atoms with E-state index in [1.807, 2.05) is 0 Å². The van der Waals surface area contributed by atoms with Gasteiger partial charge in [-0.2, -0.15) is 13.2 Å². The lowest BCUT2D eigenvalue weighted by Gasteiger charge is -2.28. The molecule has 0 bridgehead atoms. The van der Waals surface area contributed by atoms with E-state index in [9.17, 15) is 22.1 Å². The first-order valence-electron chi connectivity index (χ1n) is 8.82. The molecule has 0 saturated heterocycles. The summed E-state index contributed by atoms with van der Waals surface area (Å²) >= 11 is 0. The Kier molecular flexibility index (Phi) is 5.57. The highest BCUT2D eigenvalue weighted by Crippen LogP contribution is 2.50. The Balaban J connectivity index is 2.17. The highest BCUT2D eigenvalue weighted by Gasteiger charge is 2.44. The van der Waals surface area contributed by atoms with Crippen molar-refractivity contribution < 1.29 is 22.1 Å². The van der Waals surface area contributed by atoms with Crippen molar-refractivity contribution in [1.82, 2.24) is 0 Å². The van der Waals surface area contributed by atoms with Crippen LogP contribution in [0.25, 0.3) is 0 Å². The van der Waals surface area contributed by atoms with Crippen molar-refractivity contribution in [2.45, 2.75) is 44.2 Å². The van der Waals surface area contributed by atoms with Gasteiger partial charge in [0.1, 0.15) is 12.0 Å². The van der Waals surface area contributed by atoms with E-state index in [2.05, 4.69) is 0 Å². The maximum absolute atomic E-state index is 14.4. The molecule has 140 valence electrons. The molecule has 0 aliphatic heterocycles. The van der Waals surface area contributed by atoms with Gasteiger partial charge >= 0.3 is 6.18 Å². The van der Waals surface area contributed by atoms with Crippen molar-refractivity contribution in [1.29, 1.82) is 0 Å². The topological polar surface area (TPSA) is 17.1 Å². The number of alkyl halides is 3. The van der Waals surface area contributed by atoms with Crippen LogP contribution in [0.4, 0.5) is 17.6 Å². The number of rotatable bonds is 4. The standard InChI is InChI=1S/C20H21F4OP/c21-17-11-5-7-13-19(17)26(25,14-20(22,23)24)18-12-6-4-10-16(18)15-8-2-1-3-9-15/h4-7,10-13,15H,1-3,8-9,14H2. The van der Waals surface area contributed by atoms with E-state index in [0.29, 0.717) is 5.56 Å². The fraction of sp³-hybridized carbons (Fsp3) is 0.400. The fourth-order valence-electron chi connectivity index (χ4n) is 3.87. The monoisotopic (exact) mass is 384 g/mol. The summed E-state index contributed by atoms with van der Waals surface area (Å²) in [6.45, 7) is 0. The summed E-state index contributed by atoms with van der Waals surface area (Å²) in [5.74, 6) is -0.771. The van der Waals surface area contributed by atoms with Crippen molar-refractivity contribution in [3.8, 4) is 0 Å². The summed E-state index contributed by atoms with van der Waals surface area (Å²) in [5.41, 5.74) is 0.683. The average Bonchev–Trinajstić information content (AvgIpc) is 2.61. The molecule has 2 aromatic rings. The smallest absolute Gasteiger partial charge is 0.313 e. The van der Waals surface area contributed by atoms with Gasteiger partial charge in [0, 0.05) is 5.30 Å². The Morgan fingerprint density at radius 3 is 2.08 bits per heavy atom. The van der Waals surface area contributed by atoms with E-state index < -0.39 is 25.3 Å². The predicted molar refractivity (Wildman–Crippen MR) is 96.5 cm³/mol. The second-order valence-electron chi connectivity index (χ2n) is 6.86. The summed E-state index contributed by atoms with van der Waals surface area (Å²) in [7, 11) is -4.19. The van der Waals surface area contributed by atoms with Crippen molar-refractivity contribution in [2.75, 3.05) is 6.16 Å². The van der Waals surface area contributed by atoms with Crippen LogP contribution in [-0.4, -0.2) is 12.3 Å². The molecular formula is C20H21F4OP. The minimum atomic E-state index is -4.66. The largest absolute Gasteiger partial charge is 0.396 e. The zero-order valence-corrected chi connectivity index (χ0v) is 15.2. The van der Waals surface area contributed by atoms with Crippen molar-refractivity contribution in [3.05, 3.63) is 59.9 Å². The van der Waals surface area contributed by atoms with E-state index >= 15 is 0 Å². The van der Waals surface area contributed by atoms with E-state index in [0.717, 1.165) is 38.2 Å². The van der Waals surface area contributed by atoms with Crippen LogP contribution in [0.3, 0.4) is 0 Å². The third-order valence-corrected chi connectivity index (χ3v) is 8.14. The molecular weight excluding hydrogens is 363 g/mol. The normalized spacial score (nSPS) is 18.5. The van der Waals surface area contributed by atoms with Crippen LogP contribution in [0.1, 0.15) is 43.6 Å². The van der Waals surface area contributed by atoms with Crippen molar-refractivity contribution in [2.24, 2.45) is 0 Å². The van der Waals surface area contributed by atoms with Gasteiger partial charge in [-0.05, 0) is 36.5 Å². The van der Waals surface area contributed by atoms with E-state index in [4.69, 9.17) is 0 Å². The van der Waals surface area contributed by atoms with Crippen LogP contribution >= 0.6 is 7.14 Å². The molecule has 0 aromatic heterocycles. The number of halogens is 4. The van der Waals surface area contributed by atoms with Crippen LogP contribution in [-0.2, 0) is 4.57 Å². The second kappa shape index (κ2) is 7.56. The first kappa shape index (κ1) is 19.2. The van der Waals surface area contributed by atoms with Gasteiger partial charge in [-0.3, -0.25) is 0 Å². The molecule has 0 radical (unpaired) electrons. The second-order valence-corrected chi connectivity index (χ2v) is 9.62.